The quantitative estimate of drug-likeness (QED) is 0.422. The van der Waals surface area contributed by atoms with Gasteiger partial charge in [0, 0.05) is 48.6 Å². The Kier molecular flexibility index (Phi) is 3.40. The Morgan fingerprint density at radius 1 is 1.14 bits per heavy atom. The fourth-order valence-corrected chi connectivity index (χ4v) is 2.59. The van der Waals surface area contributed by atoms with Crippen molar-refractivity contribution >= 4 is 22.8 Å². The highest BCUT2D eigenvalue weighted by molar-refractivity contribution is 6.19. The zero-order valence-corrected chi connectivity index (χ0v) is 12.4. The van der Waals surface area contributed by atoms with Crippen molar-refractivity contribution in [2.24, 2.45) is 14.1 Å². The minimum absolute atomic E-state index is 0.137. The lowest BCUT2D eigenvalue weighted by atomic mass is 10.0. The summed E-state index contributed by atoms with van der Waals surface area (Å²) in [5, 5.41) is 10.2. The Bertz CT molecular complexity index is 935. The molecule has 3 aromatic rings. The van der Waals surface area contributed by atoms with Crippen LogP contribution in [0.3, 0.4) is 0 Å². The average molecular weight is 289 g/mol. The molecule has 0 aliphatic rings. The molecule has 0 aliphatic heterocycles. The molecule has 1 aromatic carbocycles. The summed E-state index contributed by atoms with van der Waals surface area (Å²) in [5.74, 6) is -0.250. The first-order chi connectivity index (χ1) is 10.6. The molecule has 2 aromatic heterocycles. The van der Waals surface area contributed by atoms with Crippen LogP contribution in [0.25, 0.3) is 17.0 Å². The summed E-state index contributed by atoms with van der Waals surface area (Å²) >= 11 is 0. The minimum atomic E-state index is -0.250. The lowest BCUT2D eigenvalue weighted by Crippen LogP contribution is -2.02. The van der Waals surface area contributed by atoms with E-state index in [1.54, 1.807) is 12.3 Å². The second-order valence-electron chi connectivity index (χ2n) is 5.21. The number of carbonyl (C=O) groups is 1. The number of aryl methyl sites for hydroxylation is 2. The van der Waals surface area contributed by atoms with Crippen LogP contribution in [0.5, 0.6) is 0 Å². The van der Waals surface area contributed by atoms with Crippen LogP contribution >= 0.6 is 0 Å². The lowest BCUT2D eigenvalue weighted by Gasteiger charge is -2.00. The van der Waals surface area contributed by atoms with Crippen LogP contribution in [0.1, 0.15) is 16.1 Å². The van der Waals surface area contributed by atoms with Crippen LogP contribution in [0, 0.1) is 11.3 Å². The average Bonchev–Trinajstić information content (AvgIpc) is 3.08. The Hall–Kier alpha value is -3.06. The van der Waals surface area contributed by atoms with Crippen molar-refractivity contribution in [3.63, 3.8) is 0 Å². The van der Waals surface area contributed by atoms with Gasteiger partial charge >= 0.3 is 0 Å². The summed E-state index contributed by atoms with van der Waals surface area (Å²) in [6.45, 7) is 0. The molecule has 0 fully saturated rings. The highest BCUT2D eigenvalue weighted by Gasteiger charge is 2.18. The monoisotopic (exact) mass is 289 g/mol. The SMILES string of the molecule is Cn1cccc1/C=C(\C#N)C(=O)c1cn(C)c2ccccc12. The maximum Gasteiger partial charge on any atom is 0.205 e. The third-order valence-electron chi connectivity index (χ3n) is 3.78. The second-order valence-corrected chi connectivity index (χ2v) is 5.21. The molecule has 0 aliphatic carbocycles. The van der Waals surface area contributed by atoms with Gasteiger partial charge in [-0.25, -0.2) is 0 Å². The van der Waals surface area contributed by atoms with E-state index in [4.69, 9.17) is 0 Å². The molecule has 0 bridgehead atoms. The first-order valence-corrected chi connectivity index (χ1v) is 6.93. The Morgan fingerprint density at radius 2 is 1.91 bits per heavy atom. The van der Waals surface area contributed by atoms with E-state index in [2.05, 4.69) is 0 Å². The van der Waals surface area contributed by atoms with Crippen molar-refractivity contribution < 1.29 is 4.79 Å². The van der Waals surface area contributed by atoms with Gasteiger partial charge in [-0.05, 0) is 24.3 Å². The number of allylic oxidation sites excluding steroid dienone is 1. The molecule has 0 N–H and O–H groups in total. The Balaban J connectivity index is 2.10. The fraction of sp³-hybridized carbons (Fsp3) is 0.111. The molecule has 2 heterocycles. The summed E-state index contributed by atoms with van der Waals surface area (Å²) in [6, 6.07) is 13.5. The van der Waals surface area contributed by atoms with Gasteiger partial charge in [-0.1, -0.05) is 18.2 Å². The van der Waals surface area contributed by atoms with Crippen LogP contribution in [-0.2, 0) is 14.1 Å². The van der Waals surface area contributed by atoms with E-state index in [1.807, 2.05) is 71.9 Å². The molecule has 4 heteroatoms. The number of rotatable bonds is 3. The molecule has 0 atom stereocenters. The smallest absolute Gasteiger partial charge is 0.205 e. The fourth-order valence-electron chi connectivity index (χ4n) is 2.59. The molecule has 0 radical (unpaired) electrons. The predicted molar refractivity (Wildman–Crippen MR) is 86.3 cm³/mol. The van der Waals surface area contributed by atoms with E-state index in [9.17, 15) is 10.1 Å². The van der Waals surface area contributed by atoms with Gasteiger partial charge in [-0.15, -0.1) is 0 Å². The topological polar surface area (TPSA) is 50.7 Å². The van der Waals surface area contributed by atoms with E-state index in [1.165, 1.54) is 0 Å². The largest absolute Gasteiger partial charge is 0.351 e. The van der Waals surface area contributed by atoms with Gasteiger partial charge in [0.2, 0.25) is 5.78 Å². The van der Waals surface area contributed by atoms with Crippen LogP contribution < -0.4 is 0 Å². The number of nitriles is 1. The number of benzene rings is 1. The Labute approximate surface area is 128 Å². The van der Waals surface area contributed by atoms with E-state index >= 15 is 0 Å². The molecule has 0 saturated carbocycles. The van der Waals surface area contributed by atoms with Gasteiger partial charge in [0.15, 0.2) is 0 Å². The molecular formula is C18H15N3O. The molecule has 0 unspecified atom stereocenters. The zero-order valence-electron chi connectivity index (χ0n) is 12.4. The van der Waals surface area contributed by atoms with Crippen LogP contribution in [0.2, 0.25) is 0 Å². The van der Waals surface area contributed by atoms with Crippen molar-refractivity contribution in [2.75, 3.05) is 0 Å². The van der Waals surface area contributed by atoms with Gasteiger partial charge in [0.1, 0.15) is 11.6 Å². The highest BCUT2D eigenvalue weighted by Crippen LogP contribution is 2.23. The van der Waals surface area contributed by atoms with Crippen molar-refractivity contribution in [3.05, 3.63) is 65.6 Å². The third kappa shape index (κ3) is 2.23. The van der Waals surface area contributed by atoms with Crippen molar-refractivity contribution in [1.29, 1.82) is 5.26 Å². The number of para-hydroxylation sites is 1. The molecule has 0 spiro atoms. The van der Waals surface area contributed by atoms with E-state index in [0.29, 0.717) is 5.56 Å². The van der Waals surface area contributed by atoms with E-state index < -0.39 is 0 Å². The van der Waals surface area contributed by atoms with Gasteiger partial charge in [0.25, 0.3) is 0 Å². The zero-order chi connectivity index (χ0) is 15.7. The van der Waals surface area contributed by atoms with E-state index in [0.717, 1.165) is 16.6 Å². The first-order valence-electron chi connectivity index (χ1n) is 6.93. The van der Waals surface area contributed by atoms with Gasteiger partial charge < -0.3 is 9.13 Å². The van der Waals surface area contributed by atoms with Crippen molar-refractivity contribution in [1.82, 2.24) is 9.13 Å². The van der Waals surface area contributed by atoms with Gasteiger partial charge in [-0.2, -0.15) is 5.26 Å². The molecule has 3 rings (SSSR count). The number of aromatic nitrogens is 2. The maximum atomic E-state index is 12.7. The summed E-state index contributed by atoms with van der Waals surface area (Å²) in [7, 11) is 3.77. The number of hydrogen-bond donors (Lipinski definition) is 0. The summed E-state index contributed by atoms with van der Waals surface area (Å²) < 4.78 is 3.77. The maximum absolute atomic E-state index is 12.7. The summed E-state index contributed by atoms with van der Waals surface area (Å²) in [4.78, 5) is 12.7. The van der Waals surface area contributed by atoms with Crippen molar-refractivity contribution in [2.45, 2.75) is 0 Å². The molecule has 22 heavy (non-hydrogen) atoms. The highest BCUT2D eigenvalue weighted by atomic mass is 16.1. The lowest BCUT2D eigenvalue weighted by molar-refractivity contribution is 0.104. The summed E-state index contributed by atoms with van der Waals surface area (Å²) in [6.07, 6.45) is 5.29. The standard InChI is InChI=1S/C18H15N3O/c1-20-9-5-6-14(20)10-13(11-19)18(22)16-12-21(2)17-8-4-3-7-15(16)17/h3-10,12H,1-2H3/b13-10+. The molecular weight excluding hydrogens is 274 g/mol. The number of carbonyl (C=O) groups excluding carboxylic acids is 1. The number of nitrogens with zero attached hydrogens (tertiary/aromatic N) is 3. The number of fused-ring (bicyclic) bond motifs is 1. The molecule has 0 amide bonds. The van der Waals surface area contributed by atoms with Crippen LogP contribution in [0.4, 0.5) is 0 Å². The predicted octanol–water partition coefficient (Wildman–Crippen LogP) is 3.31. The Morgan fingerprint density at radius 3 is 2.59 bits per heavy atom. The van der Waals surface area contributed by atoms with E-state index in [-0.39, 0.29) is 11.4 Å². The normalized spacial score (nSPS) is 11.6. The van der Waals surface area contributed by atoms with Crippen LogP contribution in [0.15, 0.2) is 54.4 Å². The number of ketones is 1. The minimum Gasteiger partial charge on any atom is -0.351 e. The first kappa shape index (κ1) is 13.9. The van der Waals surface area contributed by atoms with Gasteiger partial charge in [0.05, 0.1) is 0 Å². The number of hydrogen-bond acceptors (Lipinski definition) is 2. The number of Topliss-reactive ketones (excluding diaryl/α,β-unsaturated/α-hetero) is 1. The van der Waals surface area contributed by atoms with Gasteiger partial charge in [-0.3, -0.25) is 4.79 Å². The second kappa shape index (κ2) is 5.38. The van der Waals surface area contributed by atoms with Crippen LogP contribution in [-0.4, -0.2) is 14.9 Å². The molecule has 0 saturated heterocycles. The third-order valence-corrected chi connectivity index (χ3v) is 3.78. The molecule has 4 nitrogen and oxygen atoms in total. The molecule has 108 valence electrons. The summed E-state index contributed by atoms with van der Waals surface area (Å²) in [5.41, 5.74) is 2.49. The van der Waals surface area contributed by atoms with Crippen molar-refractivity contribution in [3.8, 4) is 6.07 Å².